The molecule has 158 valence electrons. The zero-order valence-electron chi connectivity index (χ0n) is 17.2. The molecule has 2 heterocycles. The molecule has 1 fully saturated rings. The summed E-state index contributed by atoms with van der Waals surface area (Å²) in [4.78, 5) is 37.3. The molecule has 1 atom stereocenters. The minimum absolute atomic E-state index is 0.249. The van der Waals surface area contributed by atoms with Gasteiger partial charge in [0.05, 0.1) is 11.5 Å². The van der Waals surface area contributed by atoms with Gasteiger partial charge in [0, 0.05) is 38.1 Å². The Morgan fingerprint density at radius 2 is 1.80 bits per heavy atom. The van der Waals surface area contributed by atoms with Gasteiger partial charge in [-0.15, -0.1) is 0 Å². The van der Waals surface area contributed by atoms with E-state index in [2.05, 4.69) is 25.5 Å². The van der Waals surface area contributed by atoms with Crippen molar-refractivity contribution in [3.8, 4) is 0 Å². The summed E-state index contributed by atoms with van der Waals surface area (Å²) in [6.07, 6.45) is 1.76. The lowest BCUT2D eigenvalue weighted by Gasteiger charge is -2.35. The molecule has 1 aromatic carbocycles. The predicted octanol–water partition coefficient (Wildman–Crippen LogP) is 1.95. The molecule has 0 spiro atoms. The van der Waals surface area contributed by atoms with E-state index in [-0.39, 0.29) is 11.9 Å². The summed E-state index contributed by atoms with van der Waals surface area (Å²) in [6, 6.07) is 11.9. The number of pyridine rings is 1. The number of aliphatic imine (C=N–C) groups is 1. The van der Waals surface area contributed by atoms with Crippen LogP contribution in [0.1, 0.15) is 13.8 Å². The predicted molar refractivity (Wildman–Crippen MR) is 118 cm³/mol. The van der Waals surface area contributed by atoms with Crippen molar-refractivity contribution in [1.82, 2.24) is 15.2 Å². The van der Waals surface area contributed by atoms with Crippen LogP contribution >= 0.6 is 0 Å². The summed E-state index contributed by atoms with van der Waals surface area (Å²) in [7, 11) is 0. The third kappa shape index (κ3) is 5.69. The maximum Gasteiger partial charge on any atom is 0.318 e. The molecular weight excluding hydrogens is 382 g/mol. The number of carbonyl (C=O) groups excluding carboxylic acids is 2. The van der Waals surface area contributed by atoms with Crippen molar-refractivity contribution in [3.63, 3.8) is 0 Å². The summed E-state index contributed by atoms with van der Waals surface area (Å²) in [5.41, 5.74) is 6.89. The molecule has 1 saturated heterocycles. The van der Waals surface area contributed by atoms with E-state index in [0.29, 0.717) is 43.4 Å². The number of piperazine rings is 1. The number of anilines is 2. The van der Waals surface area contributed by atoms with Gasteiger partial charge in [-0.05, 0) is 50.2 Å². The highest BCUT2D eigenvalue weighted by atomic mass is 16.2. The van der Waals surface area contributed by atoms with Crippen molar-refractivity contribution in [2.75, 3.05) is 36.4 Å². The van der Waals surface area contributed by atoms with Crippen molar-refractivity contribution >= 4 is 35.0 Å². The van der Waals surface area contributed by atoms with Crippen molar-refractivity contribution in [1.29, 1.82) is 0 Å². The molecule has 0 radical (unpaired) electrons. The third-order valence-electron chi connectivity index (χ3n) is 4.71. The molecule has 9 nitrogen and oxygen atoms in total. The molecule has 1 aliphatic rings. The average Bonchev–Trinajstić information content (AvgIpc) is 2.75. The molecular formula is C21H27N7O2. The van der Waals surface area contributed by atoms with Crippen LogP contribution in [-0.4, -0.2) is 59.9 Å². The summed E-state index contributed by atoms with van der Waals surface area (Å²) in [5.74, 6) is 1.08. The van der Waals surface area contributed by atoms with E-state index in [0.717, 1.165) is 5.82 Å². The first-order chi connectivity index (χ1) is 14.4. The lowest BCUT2D eigenvalue weighted by molar-refractivity contribution is -0.117. The van der Waals surface area contributed by atoms with Crippen LogP contribution in [0.5, 0.6) is 0 Å². The standard InChI is InChI=1S/C21H27N7O2/c1-15(20(29)26-18-8-6-17(7-9-18)25-16(2)22)24-21(30)28-13-11-27(12-14-28)19-5-3-4-10-23-19/h3-10,15H,11-14H2,1-2H3,(H2,22,25)(H,24,30)(H,26,29). The molecule has 4 N–H and O–H groups in total. The Morgan fingerprint density at radius 3 is 2.40 bits per heavy atom. The molecule has 0 saturated carbocycles. The van der Waals surface area contributed by atoms with Gasteiger partial charge < -0.3 is 26.2 Å². The Bertz CT molecular complexity index is 887. The Labute approximate surface area is 176 Å². The van der Waals surface area contributed by atoms with Gasteiger partial charge in [0.25, 0.3) is 0 Å². The maximum absolute atomic E-state index is 12.5. The van der Waals surface area contributed by atoms with E-state index in [1.807, 2.05) is 18.2 Å². The zero-order chi connectivity index (χ0) is 21.5. The fraction of sp³-hybridized carbons (Fsp3) is 0.333. The highest BCUT2D eigenvalue weighted by molar-refractivity contribution is 5.96. The lowest BCUT2D eigenvalue weighted by atomic mass is 10.2. The summed E-state index contributed by atoms with van der Waals surface area (Å²) >= 11 is 0. The van der Waals surface area contributed by atoms with E-state index < -0.39 is 6.04 Å². The van der Waals surface area contributed by atoms with Gasteiger partial charge in [0.1, 0.15) is 11.9 Å². The SMILES string of the molecule is CC(N)=Nc1ccc(NC(=O)C(C)NC(=O)N2CCN(c3ccccn3)CC2)cc1. The smallest absolute Gasteiger partial charge is 0.318 e. The number of nitrogens with two attached hydrogens (primary N) is 1. The monoisotopic (exact) mass is 409 g/mol. The fourth-order valence-electron chi connectivity index (χ4n) is 3.09. The first-order valence-corrected chi connectivity index (χ1v) is 9.85. The molecule has 0 aliphatic carbocycles. The number of nitrogens with zero attached hydrogens (tertiary/aromatic N) is 4. The second kappa shape index (κ2) is 9.73. The van der Waals surface area contributed by atoms with Crippen molar-refractivity contribution in [2.24, 2.45) is 10.7 Å². The minimum atomic E-state index is -0.671. The molecule has 3 rings (SSSR count). The van der Waals surface area contributed by atoms with Gasteiger partial charge in [0.15, 0.2) is 0 Å². The molecule has 3 amide bonds. The Morgan fingerprint density at radius 1 is 1.10 bits per heavy atom. The van der Waals surface area contributed by atoms with Gasteiger partial charge in [-0.1, -0.05) is 6.07 Å². The molecule has 1 unspecified atom stereocenters. The number of amides is 3. The fourth-order valence-corrected chi connectivity index (χ4v) is 3.09. The van der Waals surface area contributed by atoms with Crippen LogP contribution in [0.4, 0.5) is 22.0 Å². The van der Waals surface area contributed by atoms with Crippen molar-refractivity contribution < 1.29 is 9.59 Å². The first kappa shape index (κ1) is 21.1. The summed E-state index contributed by atoms with van der Waals surface area (Å²) in [6.45, 7) is 5.90. The number of nitrogens with one attached hydrogen (secondary N) is 2. The number of benzene rings is 1. The summed E-state index contributed by atoms with van der Waals surface area (Å²) in [5, 5.41) is 5.55. The zero-order valence-corrected chi connectivity index (χ0v) is 17.2. The van der Waals surface area contributed by atoms with E-state index in [1.165, 1.54) is 0 Å². The number of hydrogen-bond donors (Lipinski definition) is 3. The van der Waals surface area contributed by atoms with Gasteiger partial charge >= 0.3 is 6.03 Å². The number of amidine groups is 1. The maximum atomic E-state index is 12.5. The topological polar surface area (TPSA) is 116 Å². The van der Waals surface area contributed by atoms with Crippen LogP contribution in [-0.2, 0) is 4.79 Å². The van der Waals surface area contributed by atoms with Crippen LogP contribution in [0.3, 0.4) is 0 Å². The minimum Gasteiger partial charge on any atom is -0.387 e. The van der Waals surface area contributed by atoms with E-state index in [1.54, 1.807) is 49.2 Å². The number of rotatable bonds is 5. The van der Waals surface area contributed by atoms with Gasteiger partial charge in [0.2, 0.25) is 5.91 Å². The summed E-state index contributed by atoms with van der Waals surface area (Å²) < 4.78 is 0. The average molecular weight is 409 g/mol. The highest BCUT2D eigenvalue weighted by Crippen LogP contribution is 2.16. The lowest BCUT2D eigenvalue weighted by Crippen LogP contribution is -2.54. The van der Waals surface area contributed by atoms with E-state index in [4.69, 9.17) is 5.73 Å². The van der Waals surface area contributed by atoms with Crippen LogP contribution in [0.15, 0.2) is 53.7 Å². The van der Waals surface area contributed by atoms with Crippen molar-refractivity contribution in [3.05, 3.63) is 48.7 Å². The van der Waals surface area contributed by atoms with Crippen molar-refractivity contribution in [2.45, 2.75) is 19.9 Å². The second-order valence-corrected chi connectivity index (χ2v) is 7.12. The Hall–Kier alpha value is -3.62. The number of carbonyl (C=O) groups is 2. The van der Waals surface area contributed by atoms with Gasteiger partial charge in [-0.2, -0.15) is 0 Å². The second-order valence-electron chi connectivity index (χ2n) is 7.12. The number of urea groups is 1. The largest absolute Gasteiger partial charge is 0.387 e. The first-order valence-electron chi connectivity index (χ1n) is 9.85. The van der Waals surface area contributed by atoms with Crippen LogP contribution in [0.2, 0.25) is 0 Å². The van der Waals surface area contributed by atoms with Crippen LogP contribution in [0.25, 0.3) is 0 Å². The normalized spacial score (nSPS) is 15.5. The molecule has 0 bridgehead atoms. The van der Waals surface area contributed by atoms with Crippen LogP contribution in [0, 0.1) is 0 Å². The quantitative estimate of drug-likeness (QED) is 0.516. The van der Waals surface area contributed by atoms with E-state index in [9.17, 15) is 9.59 Å². The molecule has 2 aromatic rings. The highest BCUT2D eigenvalue weighted by Gasteiger charge is 2.24. The van der Waals surface area contributed by atoms with E-state index >= 15 is 0 Å². The Kier molecular flexibility index (Phi) is 6.84. The van der Waals surface area contributed by atoms with Crippen LogP contribution < -0.4 is 21.3 Å². The Balaban J connectivity index is 1.47. The third-order valence-corrected chi connectivity index (χ3v) is 4.71. The molecule has 9 heteroatoms. The van der Waals surface area contributed by atoms with Gasteiger partial charge in [-0.25, -0.2) is 14.8 Å². The number of aromatic nitrogens is 1. The molecule has 1 aliphatic heterocycles. The molecule has 1 aromatic heterocycles. The molecule has 30 heavy (non-hydrogen) atoms. The number of hydrogen-bond acceptors (Lipinski definition) is 5. The van der Waals surface area contributed by atoms with Gasteiger partial charge in [-0.3, -0.25) is 4.79 Å².